The second kappa shape index (κ2) is 5.27. The molecule has 0 atom stereocenters. The molecular formula is C3H9NOS. The van der Waals surface area contributed by atoms with Crippen LogP contribution in [0.5, 0.6) is 0 Å². The van der Waals surface area contributed by atoms with Gasteiger partial charge in [0.25, 0.3) is 0 Å². The molecule has 2 nitrogen and oxygen atoms in total. The third-order valence-electron chi connectivity index (χ3n) is 0.321. The lowest BCUT2D eigenvalue weighted by atomic mass is 11.5. The van der Waals surface area contributed by atoms with E-state index in [1.54, 1.807) is 7.11 Å². The summed E-state index contributed by atoms with van der Waals surface area (Å²) in [6, 6.07) is 0. The van der Waals surface area contributed by atoms with Crippen LogP contribution in [0.15, 0.2) is 0 Å². The van der Waals surface area contributed by atoms with Crippen LogP contribution in [0.3, 0.4) is 0 Å². The van der Waals surface area contributed by atoms with Crippen LogP contribution in [0, 0.1) is 0 Å². The molecule has 0 fully saturated rings. The molecule has 0 saturated heterocycles. The summed E-state index contributed by atoms with van der Waals surface area (Å²) < 4.78 is 7.54. The average Bonchev–Trinajstić information content (AvgIpc) is 1.61. The largest absolute Gasteiger partial charge is 0.373 e. The van der Waals surface area contributed by atoms with E-state index in [4.69, 9.17) is 0 Å². The highest BCUT2D eigenvalue weighted by Gasteiger charge is 1.72. The van der Waals surface area contributed by atoms with Crippen molar-refractivity contribution in [2.24, 2.45) is 0 Å². The van der Waals surface area contributed by atoms with Gasteiger partial charge in [-0.1, -0.05) is 11.9 Å². The first-order valence-corrected chi connectivity index (χ1v) is 2.68. The minimum absolute atomic E-state index is 0.719. The van der Waals surface area contributed by atoms with Gasteiger partial charge in [0.05, 0.1) is 0 Å². The van der Waals surface area contributed by atoms with Gasteiger partial charge in [0, 0.05) is 7.11 Å². The van der Waals surface area contributed by atoms with Crippen molar-refractivity contribution >= 4 is 11.9 Å². The lowest BCUT2D eigenvalue weighted by Crippen LogP contribution is -1.94. The lowest BCUT2D eigenvalue weighted by Gasteiger charge is -1.91. The number of ether oxygens (including phenoxy) is 1. The Bertz CT molecular complexity index is 22.8. The highest BCUT2D eigenvalue weighted by molar-refractivity contribution is 7.97. The fourth-order valence-corrected chi connectivity index (χ4v) is 0.354. The zero-order valence-electron chi connectivity index (χ0n) is 4.02. The van der Waals surface area contributed by atoms with Gasteiger partial charge in [0.2, 0.25) is 0 Å². The maximum atomic E-state index is 4.68. The molecule has 0 unspecified atom stereocenters. The SMILES string of the molecule is CNSCOC. The Morgan fingerprint density at radius 2 is 2.50 bits per heavy atom. The molecular weight excluding hydrogens is 98.1 g/mol. The van der Waals surface area contributed by atoms with Gasteiger partial charge in [-0.2, -0.15) is 0 Å². The topological polar surface area (TPSA) is 21.3 Å². The molecule has 0 aromatic heterocycles. The summed E-state index contributed by atoms with van der Waals surface area (Å²) in [6.45, 7) is 0. The summed E-state index contributed by atoms with van der Waals surface area (Å²) in [7, 11) is 3.54. The van der Waals surface area contributed by atoms with E-state index in [9.17, 15) is 0 Å². The number of methoxy groups -OCH3 is 1. The van der Waals surface area contributed by atoms with Gasteiger partial charge in [-0.25, -0.2) is 0 Å². The first-order valence-electron chi connectivity index (χ1n) is 1.69. The Morgan fingerprint density at radius 3 is 2.67 bits per heavy atom. The Balaban J connectivity index is 2.34. The quantitative estimate of drug-likeness (QED) is 0.321. The van der Waals surface area contributed by atoms with Crippen molar-refractivity contribution in [3.8, 4) is 0 Å². The summed E-state index contributed by atoms with van der Waals surface area (Å²) in [5.74, 6) is 0.719. The molecule has 6 heavy (non-hydrogen) atoms. The first kappa shape index (κ1) is 6.27. The van der Waals surface area contributed by atoms with Crippen molar-refractivity contribution in [3.63, 3.8) is 0 Å². The van der Waals surface area contributed by atoms with E-state index < -0.39 is 0 Å². The average molecular weight is 107 g/mol. The summed E-state index contributed by atoms with van der Waals surface area (Å²) in [5, 5.41) is 0. The molecule has 0 aromatic rings. The highest BCUT2D eigenvalue weighted by Crippen LogP contribution is 1.86. The smallest absolute Gasteiger partial charge is 0.106 e. The number of hydrogen-bond acceptors (Lipinski definition) is 3. The Kier molecular flexibility index (Phi) is 5.51. The third-order valence-corrected chi connectivity index (χ3v) is 0.963. The number of rotatable bonds is 3. The third kappa shape index (κ3) is 4.27. The van der Waals surface area contributed by atoms with Crippen molar-refractivity contribution in [1.29, 1.82) is 0 Å². The van der Waals surface area contributed by atoms with Crippen molar-refractivity contribution in [1.82, 2.24) is 4.72 Å². The summed E-state index contributed by atoms with van der Waals surface area (Å²) >= 11 is 1.54. The van der Waals surface area contributed by atoms with Crippen LogP contribution < -0.4 is 4.72 Å². The maximum absolute atomic E-state index is 4.68. The Labute approximate surface area is 42.4 Å². The molecule has 0 aliphatic rings. The van der Waals surface area contributed by atoms with Crippen molar-refractivity contribution in [2.45, 2.75) is 0 Å². The number of hydrogen-bond donors (Lipinski definition) is 1. The monoisotopic (exact) mass is 107 g/mol. The molecule has 0 aliphatic carbocycles. The minimum atomic E-state index is 0.719. The molecule has 0 saturated carbocycles. The predicted molar refractivity (Wildman–Crippen MR) is 28.5 cm³/mol. The van der Waals surface area contributed by atoms with Crippen LogP contribution in [0.4, 0.5) is 0 Å². The molecule has 1 N–H and O–H groups in total. The van der Waals surface area contributed by atoms with Gasteiger partial charge < -0.3 is 4.74 Å². The van der Waals surface area contributed by atoms with Gasteiger partial charge in [-0.15, -0.1) is 0 Å². The first-order chi connectivity index (χ1) is 2.91. The molecule has 0 heterocycles. The van der Waals surface area contributed by atoms with Crippen LogP contribution in [0.1, 0.15) is 0 Å². The summed E-state index contributed by atoms with van der Waals surface area (Å²) in [6.07, 6.45) is 0. The minimum Gasteiger partial charge on any atom is -0.373 e. The maximum Gasteiger partial charge on any atom is 0.106 e. The van der Waals surface area contributed by atoms with E-state index in [1.807, 2.05) is 7.05 Å². The zero-order chi connectivity index (χ0) is 4.83. The second-order valence-electron chi connectivity index (χ2n) is 0.755. The van der Waals surface area contributed by atoms with Gasteiger partial charge in [0.1, 0.15) is 5.94 Å². The molecule has 0 rings (SSSR count). The summed E-state index contributed by atoms with van der Waals surface area (Å²) in [4.78, 5) is 0. The van der Waals surface area contributed by atoms with Crippen molar-refractivity contribution in [2.75, 3.05) is 20.1 Å². The van der Waals surface area contributed by atoms with E-state index >= 15 is 0 Å². The van der Waals surface area contributed by atoms with Crippen LogP contribution in [-0.2, 0) is 4.74 Å². The Hall–Kier alpha value is 0.270. The van der Waals surface area contributed by atoms with E-state index in [1.165, 1.54) is 11.9 Å². The number of nitrogens with one attached hydrogen (secondary N) is 1. The molecule has 38 valence electrons. The molecule has 0 aromatic carbocycles. The van der Waals surface area contributed by atoms with E-state index in [2.05, 4.69) is 9.46 Å². The lowest BCUT2D eigenvalue weighted by molar-refractivity contribution is 0.258. The molecule has 0 amide bonds. The van der Waals surface area contributed by atoms with Gasteiger partial charge >= 0.3 is 0 Å². The fourth-order valence-electron chi connectivity index (χ4n) is 0.118. The molecule has 0 bridgehead atoms. The predicted octanol–water partition coefficient (Wildman–Crippen LogP) is 0.458. The second-order valence-corrected chi connectivity index (χ2v) is 1.69. The van der Waals surface area contributed by atoms with Gasteiger partial charge in [-0.3, -0.25) is 4.72 Å². The van der Waals surface area contributed by atoms with Gasteiger partial charge in [-0.05, 0) is 7.05 Å². The molecule has 0 aliphatic heterocycles. The molecule has 0 radical (unpaired) electrons. The van der Waals surface area contributed by atoms with Crippen LogP contribution in [0.2, 0.25) is 0 Å². The highest BCUT2D eigenvalue weighted by atomic mass is 32.2. The molecule has 0 spiro atoms. The molecule has 3 heteroatoms. The van der Waals surface area contributed by atoms with Crippen molar-refractivity contribution in [3.05, 3.63) is 0 Å². The van der Waals surface area contributed by atoms with E-state index in [-0.39, 0.29) is 0 Å². The van der Waals surface area contributed by atoms with Crippen LogP contribution in [0.25, 0.3) is 0 Å². The fraction of sp³-hybridized carbons (Fsp3) is 1.00. The summed E-state index contributed by atoms with van der Waals surface area (Å²) in [5.41, 5.74) is 0. The standard InChI is InChI=1S/C3H9NOS/c1-4-6-3-5-2/h4H,3H2,1-2H3. The van der Waals surface area contributed by atoms with Crippen molar-refractivity contribution < 1.29 is 4.74 Å². The van der Waals surface area contributed by atoms with Crippen LogP contribution >= 0.6 is 11.9 Å². The van der Waals surface area contributed by atoms with E-state index in [0.29, 0.717) is 0 Å². The Morgan fingerprint density at radius 1 is 1.83 bits per heavy atom. The van der Waals surface area contributed by atoms with Gasteiger partial charge in [0.15, 0.2) is 0 Å². The van der Waals surface area contributed by atoms with E-state index in [0.717, 1.165) is 5.94 Å². The normalized spacial score (nSPS) is 9.00. The zero-order valence-corrected chi connectivity index (χ0v) is 4.84. The van der Waals surface area contributed by atoms with Crippen LogP contribution in [-0.4, -0.2) is 20.1 Å².